The molecular weight excluding hydrogens is 518 g/mol. The fourth-order valence-corrected chi connectivity index (χ4v) is 4.94. The number of ether oxygens (including phenoxy) is 1. The van der Waals surface area contributed by atoms with Gasteiger partial charge in [-0.3, -0.25) is 24.1 Å². The quantitative estimate of drug-likeness (QED) is 0.311. The van der Waals surface area contributed by atoms with Gasteiger partial charge in [0.15, 0.2) is 0 Å². The number of amides is 4. The molecule has 1 N–H and O–H groups in total. The number of hydrogen-bond acceptors (Lipinski definition) is 5. The molecule has 0 unspecified atom stereocenters. The minimum atomic E-state index is -0.760. The van der Waals surface area contributed by atoms with Crippen LogP contribution in [-0.2, 0) is 22.6 Å². The lowest BCUT2D eigenvalue weighted by Crippen LogP contribution is -2.52. The van der Waals surface area contributed by atoms with E-state index in [1.54, 1.807) is 36.3 Å². The van der Waals surface area contributed by atoms with Gasteiger partial charge in [-0.1, -0.05) is 61.5 Å². The Balaban J connectivity index is 1.56. The number of carbonyl (C=O) groups excluding carboxylic acids is 4. The first-order valence-electron chi connectivity index (χ1n) is 14.0. The lowest BCUT2D eigenvalue weighted by molar-refractivity contribution is -0.141. The van der Waals surface area contributed by atoms with Gasteiger partial charge >= 0.3 is 0 Å². The highest BCUT2D eigenvalue weighted by molar-refractivity contribution is 6.21. The number of fused-ring (bicyclic) bond motifs is 1. The van der Waals surface area contributed by atoms with Crippen LogP contribution in [0.2, 0.25) is 0 Å². The average molecular weight is 556 g/mol. The number of methoxy groups -OCH3 is 1. The van der Waals surface area contributed by atoms with Crippen LogP contribution in [0, 0.1) is 0 Å². The number of hydrogen-bond donors (Lipinski definition) is 1. The van der Waals surface area contributed by atoms with Crippen molar-refractivity contribution < 1.29 is 23.9 Å². The maximum atomic E-state index is 13.9. The third kappa shape index (κ3) is 7.20. The Morgan fingerprint density at radius 3 is 2.17 bits per heavy atom. The van der Waals surface area contributed by atoms with Crippen LogP contribution >= 0.6 is 0 Å². The molecule has 0 bridgehead atoms. The summed E-state index contributed by atoms with van der Waals surface area (Å²) < 4.78 is 5.38. The normalized spacial score (nSPS) is 13.9. The highest BCUT2D eigenvalue weighted by atomic mass is 16.5. The van der Waals surface area contributed by atoms with Crippen LogP contribution in [0.3, 0.4) is 0 Å². The van der Waals surface area contributed by atoms with Crippen LogP contribution in [0.15, 0.2) is 78.9 Å². The molecule has 214 valence electrons. The van der Waals surface area contributed by atoms with Crippen LogP contribution in [0.1, 0.15) is 65.0 Å². The molecule has 8 nitrogen and oxygen atoms in total. The Kier molecular flexibility index (Phi) is 9.90. The topological polar surface area (TPSA) is 96.0 Å². The lowest BCUT2D eigenvalue weighted by Gasteiger charge is -2.32. The third-order valence-electron chi connectivity index (χ3n) is 7.41. The van der Waals surface area contributed by atoms with Gasteiger partial charge in [-0.15, -0.1) is 0 Å². The summed E-state index contributed by atoms with van der Waals surface area (Å²) in [5.41, 5.74) is 2.53. The molecule has 3 aromatic carbocycles. The van der Waals surface area contributed by atoms with Crippen molar-refractivity contribution in [1.82, 2.24) is 15.1 Å². The van der Waals surface area contributed by atoms with Gasteiger partial charge in [0.05, 0.1) is 18.2 Å². The molecular formula is C33H37N3O5. The summed E-state index contributed by atoms with van der Waals surface area (Å²) in [5, 5.41) is 3.06. The second-order valence-electron chi connectivity index (χ2n) is 10.3. The monoisotopic (exact) mass is 555 g/mol. The Morgan fingerprint density at radius 2 is 1.54 bits per heavy atom. The molecule has 0 aromatic heterocycles. The third-order valence-corrected chi connectivity index (χ3v) is 7.41. The Labute approximate surface area is 241 Å². The summed E-state index contributed by atoms with van der Waals surface area (Å²) in [5.74, 6) is -0.490. The molecule has 1 aliphatic heterocycles. The first-order chi connectivity index (χ1) is 19.8. The second-order valence-corrected chi connectivity index (χ2v) is 10.3. The van der Waals surface area contributed by atoms with Gasteiger partial charge in [-0.05, 0) is 55.2 Å². The summed E-state index contributed by atoms with van der Waals surface area (Å²) in [6, 6.07) is 23.0. The van der Waals surface area contributed by atoms with E-state index in [1.807, 2.05) is 68.4 Å². The molecule has 0 aliphatic carbocycles. The van der Waals surface area contributed by atoms with Crippen LogP contribution in [0.4, 0.5) is 0 Å². The Morgan fingerprint density at radius 1 is 0.902 bits per heavy atom. The van der Waals surface area contributed by atoms with E-state index in [2.05, 4.69) is 5.32 Å². The first-order valence-corrected chi connectivity index (χ1v) is 14.0. The maximum Gasteiger partial charge on any atom is 0.261 e. The Hall–Kier alpha value is -4.46. The number of benzene rings is 3. The summed E-state index contributed by atoms with van der Waals surface area (Å²) in [7, 11) is 1.58. The molecule has 8 heteroatoms. The Bertz CT molecular complexity index is 1360. The lowest BCUT2D eigenvalue weighted by atomic mass is 10.0. The van der Waals surface area contributed by atoms with Crippen molar-refractivity contribution in [1.29, 1.82) is 0 Å². The molecule has 0 spiro atoms. The highest BCUT2D eigenvalue weighted by Gasteiger charge is 2.35. The molecule has 4 rings (SSSR count). The molecule has 41 heavy (non-hydrogen) atoms. The van der Waals surface area contributed by atoms with E-state index in [4.69, 9.17) is 4.74 Å². The minimum absolute atomic E-state index is 0.0524. The van der Waals surface area contributed by atoms with Crippen LogP contribution < -0.4 is 10.1 Å². The van der Waals surface area contributed by atoms with E-state index >= 15 is 0 Å². The van der Waals surface area contributed by atoms with Gasteiger partial charge < -0.3 is 15.0 Å². The van der Waals surface area contributed by atoms with Crippen LogP contribution in [-0.4, -0.2) is 59.2 Å². The van der Waals surface area contributed by atoms with E-state index in [9.17, 15) is 19.2 Å². The smallest absolute Gasteiger partial charge is 0.261 e. The summed E-state index contributed by atoms with van der Waals surface area (Å²) >= 11 is 0. The van der Waals surface area contributed by atoms with Gasteiger partial charge in [-0.25, -0.2) is 0 Å². The van der Waals surface area contributed by atoms with Gasteiger partial charge in [0, 0.05) is 32.0 Å². The van der Waals surface area contributed by atoms with Gasteiger partial charge in [0.1, 0.15) is 11.8 Å². The first kappa shape index (κ1) is 29.5. The number of carbonyl (C=O) groups is 4. The fourth-order valence-electron chi connectivity index (χ4n) is 4.94. The largest absolute Gasteiger partial charge is 0.497 e. The maximum absolute atomic E-state index is 13.9. The van der Waals surface area contributed by atoms with E-state index in [0.29, 0.717) is 23.3 Å². The van der Waals surface area contributed by atoms with Crippen molar-refractivity contribution in [3.05, 3.63) is 101 Å². The number of imide groups is 1. The summed E-state index contributed by atoms with van der Waals surface area (Å²) in [6.07, 6.45) is 1.45. The number of nitrogens with one attached hydrogen (secondary N) is 1. The number of nitrogens with zero attached hydrogens (tertiary/aromatic N) is 2. The highest BCUT2D eigenvalue weighted by Crippen LogP contribution is 2.24. The van der Waals surface area contributed by atoms with Gasteiger partial charge in [0.25, 0.3) is 11.8 Å². The van der Waals surface area contributed by atoms with Gasteiger partial charge in [0.2, 0.25) is 11.8 Å². The molecule has 0 saturated carbocycles. The molecule has 1 aliphatic rings. The zero-order valence-corrected chi connectivity index (χ0v) is 23.8. The summed E-state index contributed by atoms with van der Waals surface area (Å²) in [4.78, 5) is 55.9. The van der Waals surface area contributed by atoms with Crippen molar-refractivity contribution in [2.75, 3.05) is 13.7 Å². The number of rotatable bonds is 13. The predicted octanol–water partition coefficient (Wildman–Crippen LogP) is 4.63. The molecule has 4 amide bonds. The van der Waals surface area contributed by atoms with Gasteiger partial charge in [-0.2, -0.15) is 0 Å². The molecule has 1 heterocycles. The van der Waals surface area contributed by atoms with E-state index in [-0.39, 0.29) is 55.6 Å². The molecule has 2 atom stereocenters. The fraction of sp³-hybridized carbons (Fsp3) is 0.333. The van der Waals surface area contributed by atoms with E-state index < -0.39 is 6.04 Å². The van der Waals surface area contributed by atoms with Crippen molar-refractivity contribution in [2.45, 2.75) is 58.2 Å². The predicted molar refractivity (Wildman–Crippen MR) is 156 cm³/mol. The van der Waals surface area contributed by atoms with Crippen molar-refractivity contribution >= 4 is 23.6 Å². The summed E-state index contributed by atoms with van der Waals surface area (Å²) in [6.45, 7) is 4.26. The van der Waals surface area contributed by atoms with E-state index in [0.717, 1.165) is 17.5 Å². The SMILES string of the molecule is CC[C@@H](C)NC(=O)[C@@H](Cc1ccccc1)N(Cc1cccc(OC)c1)C(=O)CCCN1C(=O)c2ccccc2C1=O. The molecule has 3 aromatic rings. The van der Waals surface area contributed by atoms with Crippen LogP contribution in [0.25, 0.3) is 0 Å². The molecule has 0 fully saturated rings. The van der Waals surface area contributed by atoms with Crippen molar-refractivity contribution in [2.24, 2.45) is 0 Å². The van der Waals surface area contributed by atoms with Crippen LogP contribution in [0.5, 0.6) is 5.75 Å². The molecule has 0 radical (unpaired) electrons. The van der Waals surface area contributed by atoms with E-state index in [1.165, 1.54) is 4.90 Å². The average Bonchev–Trinajstić information content (AvgIpc) is 3.24. The second kappa shape index (κ2) is 13.7. The zero-order chi connectivity index (χ0) is 29.4. The zero-order valence-electron chi connectivity index (χ0n) is 23.8. The molecule has 0 saturated heterocycles. The van der Waals surface area contributed by atoms with Crippen molar-refractivity contribution in [3.63, 3.8) is 0 Å². The standard InChI is InChI=1S/C33H37N3O5/c1-4-23(2)34-31(38)29(21-24-12-6-5-7-13-24)36(22-25-14-10-15-26(20-25)41-3)30(37)18-11-19-35-32(39)27-16-8-9-17-28(27)33(35)40/h5-10,12-17,20,23,29H,4,11,18-19,21-22H2,1-3H3,(H,34,38)/t23-,29-/m1/s1. The van der Waals surface area contributed by atoms with Crippen molar-refractivity contribution in [3.8, 4) is 5.75 Å². The minimum Gasteiger partial charge on any atom is -0.497 e.